The van der Waals surface area contributed by atoms with Gasteiger partial charge in [0.25, 0.3) is 45.7 Å². The maximum atomic E-state index is 15.5. The van der Waals surface area contributed by atoms with Crippen LogP contribution in [0.2, 0.25) is 0 Å². The number of aromatic nitrogens is 8. The molecule has 8 rings (SSSR count). The SMILES string of the molecule is CC(C)[C@H](N)C(=O)OC[C@@]1(F)O[C@@H](n2cc(CO)c(=O)[nH]c2=S)[C@H](O)[C@@H]1O.[2H]C([2H])(OC(=O)[C@@H](N)C(C)C)[C@@]1(F)O[C@@H](n2cc(CO)c(=O)[nH]c2=S)[C@H](O)[C@@H]1O.[2H]C([2H])(OC(=O)[C@@H](N)C(C)C)[C@@]1(F)O[C@@]([2H])(n2cc(CO)c(=O)[nH]c2=S)[C@H](O)[C@@H]1O.[2H][C@@]1(n2cc(CO)c(=O)[nH]c2=S)O[C@](F)(COC(=O)[C@@H](N)C(C)C)[C@@H](O)[C@H]1O. The van der Waals surface area contributed by atoms with Crippen LogP contribution in [0.15, 0.2) is 44.0 Å². The van der Waals surface area contributed by atoms with Crippen molar-refractivity contribution in [3.63, 3.8) is 0 Å². The molecule has 0 amide bonds. The first kappa shape index (κ1) is 82.2. The van der Waals surface area contributed by atoms with Crippen LogP contribution in [0.4, 0.5) is 17.6 Å². The number of hydrogen-bond donors (Lipinski definition) is 20. The molecule has 0 aromatic carbocycles. The van der Waals surface area contributed by atoms with Crippen LogP contribution < -0.4 is 45.2 Å². The number of nitrogens with one attached hydrogen (secondary N) is 4. The van der Waals surface area contributed by atoms with Gasteiger partial charge < -0.3 is 122 Å². The highest BCUT2D eigenvalue weighted by atomic mass is 32.1. The van der Waals surface area contributed by atoms with Crippen molar-refractivity contribution in [1.82, 2.24) is 38.2 Å². The van der Waals surface area contributed by atoms with Gasteiger partial charge >= 0.3 is 23.9 Å². The topological polar surface area (TPSA) is 640 Å². The summed E-state index contributed by atoms with van der Waals surface area (Å²) in [6, 6.07) is -4.64. The molecule has 0 aliphatic carbocycles. The molecule has 8 heterocycles. The van der Waals surface area contributed by atoms with E-state index in [0.717, 1.165) is 33.9 Å². The van der Waals surface area contributed by atoms with E-state index in [9.17, 15) is 104 Å². The zero-order valence-corrected chi connectivity index (χ0v) is 61.4. The van der Waals surface area contributed by atoms with Crippen LogP contribution in [0.5, 0.6) is 0 Å². The first-order valence-corrected chi connectivity index (χ1v) is 33.5. The van der Waals surface area contributed by atoms with Gasteiger partial charge in [-0.25, -0.2) is 17.6 Å². The largest absolute Gasteiger partial charge is 0.458 e. The zero-order valence-electron chi connectivity index (χ0n) is 64.1. The summed E-state index contributed by atoms with van der Waals surface area (Å²) in [6.07, 6.45) is -23.4. The minimum Gasteiger partial charge on any atom is -0.458 e. The first-order valence-electron chi connectivity index (χ1n) is 34.9. The third-order valence-electron chi connectivity index (χ3n) is 16.3. The second-order valence-corrected chi connectivity index (χ2v) is 27.1. The number of hydrogen-bond acceptors (Lipinski definition) is 36. The number of alkyl halides is 4. The monoisotopic (exact) mass is 1630 g/mol. The van der Waals surface area contributed by atoms with Crippen molar-refractivity contribution in [3.8, 4) is 0 Å². The van der Waals surface area contributed by atoms with Gasteiger partial charge in [-0.2, -0.15) is 0 Å². The number of carbonyl (C=O) groups excluding carboxylic acids is 4. The molecule has 0 unspecified atom stereocenters. The van der Waals surface area contributed by atoms with E-state index in [1.807, 2.05) is 0 Å². The van der Waals surface area contributed by atoms with Gasteiger partial charge in [0.2, 0.25) is 0 Å². The van der Waals surface area contributed by atoms with Crippen LogP contribution >= 0.6 is 48.9 Å². The lowest BCUT2D eigenvalue weighted by Gasteiger charge is -2.24. The number of aromatic amines is 4. The number of aliphatic hydroxyl groups is 12. The third kappa shape index (κ3) is 21.0. The standard InChI is InChI=1S/4C15H22FN3O7S/c4*1-6(2)8(17)13(24)25-5-15(16)10(22)9(21)12(26-15)19-3-7(4-20)11(23)18-14(19)27/h4*3,6,8-10,12,20-22H,4-5,17H2,1-2H3,(H,18,23,27)/t4*8-,9+,10-,12+,15+/m0000/s1/i5D2,12D;12D;5D2;. The predicted molar refractivity (Wildman–Crippen MR) is 366 cm³/mol. The predicted octanol–water partition coefficient (Wildman–Crippen LogP) is -4.64. The quantitative estimate of drug-likeness (QED) is 0.0136. The number of aliphatic hydroxyl groups excluding tert-OH is 12. The van der Waals surface area contributed by atoms with Crippen LogP contribution in [0.3, 0.4) is 0 Å². The summed E-state index contributed by atoms with van der Waals surface area (Å²) in [7, 11) is 0. The lowest BCUT2D eigenvalue weighted by Crippen LogP contribution is -2.46. The second kappa shape index (κ2) is 37.9. The summed E-state index contributed by atoms with van der Waals surface area (Å²) >= 11 is 19.6. The van der Waals surface area contributed by atoms with Crippen LogP contribution in [0, 0.1) is 42.8 Å². The van der Waals surface area contributed by atoms with Crippen molar-refractivity contribution in [2.45, 2.75) is 203 Å². The third-order valence-corrected chi connectivity index (χ3v) is 17.5. The Labute approximate surface area is 636 Å². The molecule has 40 nitrogen and oxygen atoms in total. The molecule has 24 N–H and O–H groups in total. The lowest BCUT2D eigenvalue weighted by molar-refractivity contribution is -0.217. The molecule has 108 heavy (non-hydrogen) atoms. The number of esters is 4. The van der Waals surface area contributed by atoms with Crippen LogP contribution in [-0.2, 0) is 83.5 Å². The van der Waals surface area contributed by atoms with Gasteiger partial charge in [-0.3, -0.25) is 76.6 Å². The van der Waals surface area contributed by atoms with E-state index in [-0.39, 0.29) is 43.6 Å². The maximum Gasteiger partial charge on any atom is 0.323 e. The normalized spacial score (nSPS) is 31.6. The summed E-state index contributed by atoms with van der Waals surface area (Å²) in [5, 5.41) is 118. The molecule has 4 aromatic heterocycles. The molecule has 4 aliphatic rings. The van der Waals surface area contributed by atoms with Gasteiger partial charge in [-0.05, 0) is 72.5 Å². The fourth-order valence-corrected chi connectivity index (χ4v) is 10.1. The molecule has 4 aliphatic heterocycles. The maximum absolute atomic E-state index is 15.5. The summed E-state index contributed by atoms with van der Waals surface area (Å²) in [4.78, 5) is 103. The average Bonchev–Trinajstić information content (AvgIpc) is 1.49. The minimum atomic E-state index is -3.93. The van der Waals surface area contributed by atoms with Crippen molar-refractivity contribution >= 4 is 72.7 Å². The second-order valence-electron chi connectivity index (χ2n) is 25.6. The molecule has 20 atom stereocenters. The van der Waals surface area contributed by atoms with E-state index in [1.54, 1.807) is 41.5 Å². The number of ether oxygens (including phenoxy) is 8. The van der Waals surface area contributed by atoms with Gasteiger partial charge in [0.1, 0.15) is 73.0 Å². The van der Waals surface area contributed by atoms with Gasteiger partial charge in [0.05, 0.1) is 56.9 Å². The number of rotatable bonds is 24. The van der Waals surface area contributed by atoms with Gasteiger partial charge in [0.15, 0.2) is 70.3 Å². The Morgan fingerprint density at radius 3 is 0.954 bits per heavy atom. The highest BCUT2D eigenvalue weighted by molar-refractivity contribution is 7.71. The molecule has 48 heteroatoms. The molecule has 0 radical (unpaired) electrons. The highest BCUT2D eigenvalue weighted by Gasteiger charge is 2.61. The van der Waals surface area contributed by atoms with Gasteiger partial charge in [-0.15, -0.1) is 0 Å². The molecule has 4 fully saturated rings. The van der Waals surface area contributed by atoms with E-state index in [4.69, 9.17) is 108 Å². The molecule has 0 bridgehead atoms. The van der Waals surface area contributed by atoms with Crippen LogP contribution in [-0.4, -0.2) is 246 Å². The van der Waals surface area contributed by atoms with Crippen molar-refractivity contribution in [1.29, 1.82) is 0 Å². The Morgan fingerprint density at radius 1 is 0.435 bits per heavy atom. The fraction of sp³-hybridized carbons (Fsp3) is 0.667. The van der Waals surface area contributed by atoms with Crippen molar-refractivity contribution < 1.29 is 144 Å². The summed E-state index contributed by atoms with van der Waals surface area (Å²) in [6.45, 7) is 0.532. The number of halogens is 4. The van der Waals surface area contributed by atoms with Gasteiger partial charge in [-0.1, -0.05) is 55.4 Å². The van der Waals surface area contributed by atoms with Crippen LogP contribution in [0.25, 0.3) is 0 Å². The van der Waals surface area contributed by atoms with Crippen molar-refractivity contribution in [3.05, 3.63) is 108 Å². The summed E-state index contributed by atoms with van der Waals surface area (Å²) in [5.41, 5.74) is 18.5. The summed E-state index contributed by atoms with van der Waals surface area (Å²) < 4.78 is 148. The highest BCUT2D eigenvalue weighted by Crippen LogP contribution is 2.43. The van der Waals surface area contributed by atoms with E-state index >= 15 is 13.2 Å². The first-order chi connectivity index (χ1) is 52.3. The Morgan fingerprint density at radius 2 is 0.657 bits per heavy atom. The van der Waals surface area contributed by atoms with Crippen molar-refractivity contribution in [2.24, 2.45) is 46.6 Å². The molecule has 0 saturated carbocycles. The molecular weight excluding hydrogens is 1540 g/mol. The fourth-order valence-electron chi connectivity index (χ4n) is 9.17. The molecule has 0 spiro atoms. The Hall–Kier alpha value is -6.80. The van der Waals surface area contributed by atoms with Crippen molar-refractivity contribution in [2.75, 3.05) is 26.3 Å². The van der Waals surface area contributed by atoms with E-state index in [2.05, 4.69) is 29.4 Å². The van der Waals surface area contributed by atoms with Gasteiger partial charge in [0, 0.05) is 24.8 Å². The lowest BCUT2D eigenvalue weighted by atomic mass is 10.1. The van der Waals surface area contributed by atoms with E-state index in [1.165, 1.54) is 13.8 Å². The zero-order chi connectivity index (χ0) is 87.5. The Bertz CT molecular complexity index is 4650. The number of carbonyl (C=O) groups is 4. The van der Waals surface area contributed by atoms with E-state index < -0.39 is 242 Å². The molecule has 608 valence electrons. The Kier molecular flexibility index (Phi) is 28.9. The molecule has 4 saturated heterocycles. The number of H-pyrrole nitrogens is 4. The Balaban J connectivity index is 0.000000272. The average molecular weight is 1640 g/mol. The summed E-state index contributed by atoms with van der Waals surface area (Å²) in [5.74, 6) is -19.7. The van der Waals surface area contributed by atoms with Crippen LogP contribution in [0.1, 0.15) is 111 Å². The smallest absolute Gasteiger partial charge is 0.323 e. The van der Waals surface area contributed by atoms with E-state index in [0.29, 0.717) is 9.13 Å². The molecule has 4 aromatic rings. The number of nitrogens with two attached hydrogens (primary N) is 4. The minimum absolute atomic E-state index is 0.111. The molecular formula is C60H88F4N12O28S4. The number of nitrogens with zero attached hydrogens (tertiary/aromatic N) is 4.